The molecule has 3 aromatic rings. The number of benzene rings is 1. The van der Waals surface area contributed by atoms with Gasteiger partial charge < -0.3 is 16.2 Å². The van der Waals surface area contributed by atoms with Crippen LogP contribution in [0.2, 0.25) is 0 Å². The number of carbonyl (C=O) groups is 1. The van der Waals surface area contributed by atoms with Gasteiger partial charge in [-0.3, -0.25) is 4.79 Å². The highest BCUT2D eigenvalue weighted by molar-refractivity contribution is 5.94. The lowest BCUT2D eigenvalue weighted by Crippen LogP contribution is -2.41. The number of amides is 1. The number of nitrogens with one attached hydrogen (secondary N) is 1. The number of hydrogen-bond acceptors (Lipinski definition) is 6. The SMILES string of the molecule is NC(=O)c1ccc(F)c(-c2ccc(NCC3(c4cccc(O)n4)CCC3)nn2)c1. The molecule has 29 heavy (non-hydrogen) atoms. The molecule has 0 spiro atoms. The van der Waals surface area contributed by atoms with Gasteiger partial charge in [0, 0.05) is 29.2 Å². The van der Waals surface area contributed by atoms with Crippen LogP contribution < -0.4 is 11.1 Å². The van der Waals surface area contributed by atoms with Gasteiger partial charge in [0.1, 0.15) is 11.6 Å². The van der Waals surface area contributed by atoms with Gasteiger partial charge in [0.05, 0.1) is 11.4 Å². The van der Waals surface area contributed by atoms with Crippen LogP contribution in [0.4, 0.5) is 10.2 Å². The third kappa shape index (κ3) is 3.73. The number of rotatable bonds is 6. The second-order valence-corrected chi connectivity index (χ2v) is 7.23. The summed E-state index contributed by atoms with van der Waals surface area (Å²) in [6, 6.07) is 12.5. The van der Waals surface area contributed by atoms with Gasteiger partial charge in [-0.2, -0.15) is 0 Å². The number of carbonyl (C=O) groups excluding carboxylic acids is 1. The number of anilines is 1. The molecule has 2 aromatic heterocycles. The van der Waals surface area contributed by atoms with E-state index in [9.17, 15) is 14.3 Å². The molecule has 0 aliphatic heterocycles. The standard InChI is InChI=1S/C21H20FN5O2/c22-15-6-5-13(20(23)29)11-14(15)16-7-8-18(27-26-16)24-12-21(9-2-10-21)17-3-1-4-19(28)25-17/h1,3-8,11H,2,9-10,12H2,(H2,23,29)(H,24,27)(H,25,28). The van der Waals surface area contributed by atoms with E-state index < -0.39 is 11.7 Å². The Bertz CT molecular complexity index is 1050. The molecule has 0 radical (unpaired) electrons. The number of aromatic nitrogens is 3. The van der Waals surface area contributed by atoms with Crippen molar-refractivity contribution < 1.29 is 14.3 Å². The maximum Gasteiger partial charge on any atom is 0.248 e. The van der Waals surface area contributed by atoms with Crippen molar-refractivity contribution in [2.45, 2.75) is 24.7 Å². The minimum atomic E-state index is -0.635. The lowest BCUT2D eigenvalue weighted by Gasteiger charge is -2.41. The van der Waals surface area contributed by atoms with Crippen molar-refractivity contribution in [3.05, 3.63) is 65.6 Å². The van der Waals surface area contributed by atoms with E-state index in [1.807, 2.05) is 6.07 Å². The molecule has 1 saturated carbocycles. The summed E-state index contributed by atoms with van der Waals surface area (Å²) in [5.74, 6) is -0.581. The second kappa shape index (κ2) is 7.46. The molecule has 4 rings (SSSR count). The van der Waals surface area contributed by atoms with Crippen molar-refractivity contribution in [1.82, 2.24) is 15.2 Å². The number of hydrogen-bond donors (Lipinski definition) is 3. The van der Waals surface area contributed by atoms with Crippen molar-refractivity contribution in [2.24, 2.45) is 5.73 Å². The van der Waals surface area contributed by atoms with Gasteiger partial charge in [-0.25, -0.2) is 9.37 Å². The third-order valence-corrected chi connectivity index (χ3v) is 5.39. The third-order valence-electron chi connectivity index (χ3n) is 5.39. The van der Waals surface area contributed by atoms with Gasteiger partial charge in [0.2, 0.25) is 11.8 Å². The molecular weight excluding hydrogens is 373 g/mol. The molecule has 1 amide bonds. The van der Waals surface area contributed by atoms with E-state index in [4.69, 9.17) is 5.73 Å². The second-order valence-electron chi connectivity index (χ2n) is 7.23. The summed E-state index contributed by atoms with van der Waals surface area (Å²) in [5, 5.41) is 21.2. The molecule has 7 nitrogen and oxygen atoms in total. The average molecular weight is 393 g/mol. The van der Waals surface area contributed by atoms with Crippen molar-refractivity contribution in [1.29, 1.82) is 0 Å². The molecule has 4 N–H and O–H groups in total. The predicted molar refractivity (Wildman–Crippen MR) is 106 cm³/mol. The van der Waals surface area contributed by atoms with Crippen molar-refractivity contribution in [3.8, 4) is 17.1 Å². The summed E-state index contributed by atoms with van der Waals surface area (Å²) < 4.78 is 14.1. The van der Waals surface area contributed by atoms with Gasteiger partial charge in [-0.15, -0.1) is 10.2 Å². The van der Waals surface area contributed by atoms with Crippen LogP contribution in [0, 0.1) is 5.82 Å². The maximum atomic E-state index is 14.1. The topological polar surface area (TPSA) is 114 Å². The zero-order valence-corrected chi connectivity index (χ0v) is 15.6. The number of pyridine rings is 1. The summed E-state index contributed by atoms with van der Waals surface area (Å²) in [6.45, 7) is 0.600. The van der Waals surface area contributed by atoms with E-state index >= 15 is 0 Å². The number of nitrogens with zero attached hydrogens (tertiary/aromatic N) is 3. The molecule has 1 aromatic carbocycles. The minimum Gasteiger partial charge on any atom is -0.493 e. The molecule has 0 atom stereocenters. The Morgan fingerprint density at radius 2 is 2.00 bits per heavy atom. The molecule has 8 heteroatoms. The van der Waals surface area contributed by atoms with Crippen LogP contribution in [0.1, 0.15) is 35.3 Å². The summed E-state index contributed by atoms with van der Waals surface area (Å²) >= 11 is 0. The lowest BCUT2D eigenvalue weighted by atomic mass is 9.66. The van der Waals surface area contributed by atoms with Crippen LogP contribution in [0.5, 0.6) is 5.88 Å². The number of primary amides is 1. The van der Waals surface area contributed by atoms with Crippen LogP contribution in [-0.4, -0.2) is 32.7 Å². The maximum absolute atomic E-state index is 14.1. The molecule has 0 unspecified atom stereocenters. The molecule has 0 saturated heterocycles. The lowest BCUT2D eigenvalue weighted by molar-refractivity contribution is 0.100. The Morgan fingerprint density at radius 1 is 1.17 bits per heavy atom. The highest BCUT2D eigenvalue weighted by Gasteiger charge is 2.40. The zero-order chi connectivity index (χ0) is 20.4. The molecular formula is C21H20FN5O2. The molecule has 1 aliphatic rings. The van der Waals surface area contributed by atoms with Crippen molar-refractivity contribution in [2.75, 3.05) is 11.9 Å². The highest BCUT2D eigenvalue weighted by Crippen LogP contribution is 2.43. The number of halogens is 1. The van der Waals surface area contributed by atoms with E-state index in [1.165, 1.54) is 18.2 Å². The largest absolute Gasteiger partial charge is 0.493 e. The van der Waals surface area contributed by atoms with Crippen molar-refractivity contribution in [3.63, 3.8) is 0 Å². The fraction of sp³-hybridized carbons (Fsp3) is 0.238. The van der Waals surface area contributed by atoms with Gasteiger partial charge >= 0.3 is 0 Å². The Kier molecular flexibility index (Phi) is 4.84. The van der Waals surface area contributed by atoms with Gasteiger partial charge in [-0.1, -0.05) is 12.5 Å². The quantitative estimate of drug-likeness (QED) is 0.593. The summed E-state index contributed by atoms with van der Waals surface area (Å²) in [6.07, 6.45) is 3.03. The van der Waals surface area contributed by atoms with E-state index in [1.54, 1.807) is 24.3 Å². The average Bonchev–Trinajstić information content (AvgIpc) is 2.68. The first-order valence-electron chi connectivity index (χ1n) is 9.31. The Balaban J connectivity index is 1.50. The minimum absolute atomic E-state index is 0.0122. The van der Waals surface area contributed by atoms with Crippen LogP contribution in [0.15, 0.2) is 48.5 Å². The predicted octanol–water partition coefficient (Wildman–Crippen LogP) is 3.02. The van der Waals surface area contributed by atoms with Crippen LogP contribution >= 0.6 is 0 Å². The van der Waals surface area contributed by atoms with Gasteiger partial charge in [0.15, 0.2) is 0 Å². The molecule has 1 fully saturated rings. The smallest absolute Gasteiger partial charge is 0.248 e. The molecule has 148 valence electrons. The van der Waals surface area contributed by atoms with Crippen LogP contribution in [0.25, 0.3) is 11.3 Å². The Morgan fingerprint density at radius 3 is 2.62 bits per heavy atom. The fourth-order valence-corrected chi connectivity index (χ4v) is 3.55. The normalized spacial score (nSPS) is 14.8. The summed E-state index contributed by atoms with van der Waals surface area (Å²) in [5.41, 5.74) is 6.64. The van der Waals surface area contributed by atoms with Gasteiger partial charge in [-0.05, 0) is 49.2 Å². The highest BCUT2D eigenvalue weighted by atomic mass is 19.1. The van der Waals surface area contributed by atoms with Gasteiger partial charge in [0.25, 0.3) is 0 Å². The summed E-state index contributed by atoms with van der Waals surface area (Å²) in [7, 11) is 0. The van der Waals surface area contributed by atoms with E-state index in [0.29, 0.717) is 18.1 Å². The molecule has 1 aliphatic carbocycles. The van der Waals surface area contributed by atoms with Crippen LogP contribution in [0.3, 0.4) is 0 Å². The fourth-order valence-electron chi connectivity index (χ4n) is 3.55. The zero-order valence-electron chi connectivity index (χ0n) is 15.6. The first-order chi connectivity index (χ1) is 14.0. The van der Waals surface area contributed by atoms with Crippen LogP contribution in [-0.2, 0) is 5.41 Å². The number of aromatic hydroxyl groups is 1. The van der Waals surface area contributed by atoms with E-state index in [-0.39, 0.29) is 22.4 Å². The molecule has 0 bridgehead atoms. The Hall–Kier alpha value is -3.55. The molecule has 2 heterocycles. The Labute approximate surface area is 166 Å². The van der Waals surface area contributed by atoms with E-state index in [2.05, 4.69) is 20.5 Å². The number of nitrogens with two attached hydrogens (primary N) is 1. The first kappa shape index (κ1) is 18.8. The first-order valence-corrected chi connectivity index (χ1v) is 9.31. The summed E-state index contributed by atoms with van der Waals surface area (Å²) in [4.78, 5) is 15.6. The monoisotopic (exact) mass is 393 g/mol. The van der Waals surface area contributed by atoms with Crippen molar-refractivity contribution >= 4 is 11.7 Å². The van der Waals surface area contributed by atoms with E-state index in [0.717, 1.165) is 25.0 Å².